The first-order valence-electron chi connectivity index (χ1n) is 6.30. The van der Waals surface area contributed by atoms with Crippen LogP contribution in [0, 0.1) is 0 Å². The van der Waals surface area contributed by atoms with Crippen molar-refractivity contribution < 1.29 is 24.5 Å². The van der Waals surface area contributed by atoms with Crippen LogP contribution >= 0.6 is 11.8 Å². The van der Waals surface area contributed by atoms with Crippen LogP contribution in [-0.2, 0) is 9.59 Å². The van der Waals surface area contributed by atoms with E-state index in [9.17, 15) is 14.7 Å². The number of benzene rings is 1. The van der Waals surface area contributed by atoms with E-state index >= 15 is 0 Å². The number of amides is 1. The van der Waals surface area contributed by atoms with Crippen molar-refractivity contribution in [3.05, 3.63) is 24.3 Å². The molecule has 0 heterocycles. The van der Waals surface area contributed by atoms with Gasteiger partial charge in [0, 0.05) is 4.90 Å². The van der Waals surface area contributed by atoms with Crippen molar-refractivity contribution in [1.29, 1.82) is 0 Å². The minimum Gasteiger partial charge on any atom is -0.497 e. The molecule has 2 atom stereocenters. The number of aliphatic carboxylic acids is 1. The Morgan fingerprint density at radius 1 is 1.38 bits per heavy atom. The molecule has 116 valence electrons. The van der Waals surface area contributed by atoms with E-state index in [4.69, 9.17) is 9.84 Å². The second-order valence-electron chi connectivity index (χ2n) is 4.73. The average Bonchev–Trinajstić information content (AvgIpc) is 2.45. The van der Waals surface area contributed by atoms with Crippen molar-refractivity contribution in [2.75, 3.05) is 13.7 Å². The molecule has 3 N–H and O–H groups in total. The maximum Gasteiger partial charge on any atom is 0.337 e. The van der Waals surface area contributed by atoms with Gasteiger partial charge in [-0.25, -0.2) is 4.79 Å². The molecule has 0 bridgehead atoms. The highest BCUT2D eigenvalue weighted by Gasteiger charge is 2.30. The van der Waals surface area contributed by atoms with Crippen LogP contribution in [0.1, 0.15) is 13.8 Å². The number of thioether (sulfide) groups is 1. The fraction of sp³-hybridized carbons (Fsp3) is 0.429. The van der Waals surface area contributed by atoms with E-state index in [1.165, 1.54) is 11.8 Å². The predicted octanol–water partition coefficient (Wildman–Crippen LogP) is 1.13. The lowest BCUT2D eigenvalue weighted by Crippen LogP contribution is -2.48. The molecular formula is C14H19NO5S. The number of ether oxygens (including phenoxy) is 1. The van der Waals surface area contributed by atoms with Crippen LogP contribution < -0.4 is 10.1 Å². The zero-order chi connectivity index (χ0) is 16.0. The van der Waals surface area contributed by atoms with Gasteiger partial charge in [0.15, 0.2) is 5.60 Å². The van der Waals surface area contributed by atoms with Crippen molar-refractivity contribution in [1.82, 2.24) is 5.32 Å². The van der Waals surface area contributed by atoms with E-state index in [1.807, 2.05) is 12.1 Å². The lowest BCUT2D eigenvalue weighted by molar-refractivity contribution is -0.156. The van der Waals surface area contributed by atoms with Gasteiger partial charge in [0.25, 0.3) is 0 Å². The molecule has 0 aliphatic heterocycles. The SMILES string of the molecule is COc1ccc(SC(C)C(=O)NCC(C)(O)C(=O)O)cc1. The summed E-state index contributed by atoms with van der Waals surface area (Å²) in [4.78, 5) is 23.5. The molecule has 7 heteroatoms. The van der Waals surface area contributed by atoms with Crippen molar-refractivity contribution in [2.24, 2.45) is 0 Å². The number of carboxylic acid groups (broad SMARTS) is 1. The fourth-order valence-electron chi connectivity index (χ4n) is 1.39. The fourth-order valence-corrected chi connectivity index (χ4v) is 2.28. The van der Waals surface area contributed by atoms with Crippen molar-refractivity contribution in [2.45, 2.75) is 29.6 Å². The molecule has 1 amide bonds. The van der Waals surface area contributed by atoms with Gasteiger partial charge in [-0.3, -0.25) is 4.79 Å². The summed E-state index contributed by atoms with van der Waals surface area (Å²) >= 11 is 1.33. The van der Waals surface area contributed by atoms with E-state index in [0.29, 0.717) is 0 Å². The Morgan fingerprint density at radius 3 is 2.43 bits per heavy atom. The maximum atomic E-state index is 11.9. The molecule has 0 spiro atoms. The molecule has 0 fully saturated rings. The molecule has 1 aromatic carbocycles. The Balaban J connectivity index is 2.52. The number of hydrogen-bond acceptors (Lipinski definition) is 5. The lowest BCUT2D eigenvalue weighted by atomic mass is 10.1. The number of carbonyl (C=O) groups is 2. The van der Waals surface area contributed by atoms with Gasteiger partial charge in [-0.15, -0.1) is 11.8 Å². The quantitative estimate of drug-likeness (QED) is 0.653. The second-order valence-corrected chi connectivity index (χ2v) is 6.15. The van der Waals surface area contributed by atoms with Crippen LogP contribution in [-0.4, -0.2) is 46.6 Å². The zero-order valence-corrected chi connectivity index (χ0v) is 12.9. The summed E-state index contributed by atoms with van der Waals surface area (Å²) in [6.07, 6.45) is 0. The Morgan fingerprint density at radius 2 is 1.95 bits per heavy atom. The predicted molar refractivity (Wildman–Crippen MR) is 79.6 cm³/mol. The monoisotopic (exact) mass is 313 g/mol. The molecule has 21 heavy (non-hydrogen) atoms. The highest BCUT2D eigenvalue weighted by molar-refractivity contribution is 8.00. The van der Waals surface area contributed by atoms with Gasteiger partial charge in [0.2, 0.25) is 5.91 Å². The Kier molecular flexibility index (Phi) is 6.04. The van der Waals surface area contributed by atoms with Gasteiger partial charge < -0.3 is 20.3 Å². The number of methoxy groups -OCH3 is 1. The standard InChI is InChI=1S/C14H19NO5S/c1-9(12(16)15-8-14(2,19)13(17)18)21-11-6-4-10(20-3)5-7-11/h4-7,9,19H,8H2,1-3H3,(H,15,16)(H,17,18). The second kappa shape index (κ2) is 7.33. The van der Waals surface area contributed by atoms with E-state index in [1.54, 1.807) is 26.2 Å². The van der Waals surface area contributed by atoms with E-state index < -0.39 is 16.8 Å². The highest BCUT2D eigenvalue weighted by Crippen LogP contribution is 2.25. The van der Waals surface area contributed by atoms with Crippen molar-refractivity contribution in [3.63, 3.8) is 0 Å². The number of hydrogen-bond donors (Lipinski definition) is 3. The molecule has 1 aromatic rings. The lowest BCUT2D eigenvalue weighted by Gasteiger charge is -2.20. The molecule has 0 saturated heterocycles. The summed E-state index contributed by atoms with van der Waals surface area (Å²) < 4.78 is 5.05. The zero-order valence-electron chi connectivity index (χ0n) is 12.1. The topological polar surface area (TPSA) is 95.9 Å². The van der Waals surface area contributed by atoms with E-state index in [2.05, 4.69) is 5.32 Å². The summed E-state index contributed by atoms with van der Waals surface area (Å²) in [6, 6.07) is 7.26. The van der Waals surface area contributed by atoms with Gasteiger partial charge in [0.1, 0.15) is 5.75 Å². The Bertz CT molecular complexity index is 501. The first-order chi connectivity index (χ1) is 9.76. The number of nitrogens with one attached hydrogen (secondary N) is 1. The molecule has 0 aliphatic rings. The number of aliphatic hydroxyl groups is 1. The third kappa shape index (κ3) is 5.28. The molecule has 6 nitrogen and oxygen atoms in total. The molecule has 0 radical (unpaired) electrons. The smallest absolute Gasteiger partial charge is 0.337 e. The molecule has 0 aliphatic carbocycles. The third-order valence-electron chi connectivity index (χ3n) is 2.81. The van der Waals surface area contributed by atoms with Crippen molar-refractivity contribution >= 4 is 23.6 Å². The molecule has 0 saturated carbocycles. The summed E-state index contributed by atoms with van der Waals surface area (Å²) in [7, 11) is 1.58. The first-order valence-corrected chi connectivity index (χ1v) is 7.18. The molecule has 0 aromatic heterocycles. The average molecular weight is 313 g/mol. The minimum atomic E-state index is -1.97. The number of rotatable bonds is 7. The summed E-state index contributed by atoms with van der Waals surface area (Å²) in [5.74, 6) is -0.982. The molecule has 1 rings (SSSR count). The largest absolute Gasteiger partial charge is 0.497 e. The van der Waals surface area contributed by atoms with Crippen LogP contribution in [0.5, 0.6) is 5.75 Å². The van der Waals surface area contributed by atoms with Gasteiger partial charge in [-0.05, 0) is 38.1 Å². The van der Waals surface area contributed by atoms with Gasteiger partial charge in [-0.2, -0.15) is 0 Å². The van der Waals surface area contributed by atoms with Gasteiger partial charge in [0.05, 0.1) is 18.9 Å². The summed E-state index contributed by atoms with van der Waals surface area (Å²) in [6.45, 7) is 2.51. The Labute approximate surface area is 127 Å². The number of carboxylic acids is 1. The minimum absolute atomic E-state index is 0.336. The van der Waals surface area contributed by atoms with Crippen molar-refractivity contribution in [3.8, 4) is 5.75 Å². The van der Waals surface area contributed by atoms with Crippen LogP contribution in [0.25, 0.3) is 0 Å². The maximum absolute atomic E-state index is 11.9. The summed E-state index contributed by atoms with van der Waals surface area (Å²) in [5, 5.41) is 20.3. The van der Waals surface area contributed by atoms with Crippen LogP contribution in [0.2, 0.25) is 0 Å². The molecular weight excluding hydrogens is 294 g/mol. The van der Waals surface area contributed by atoms with Gasteiger partial charge in [-0.1, -0.05) is 0 Å². The van der Waals surface area contributed by atoms with Crippen LogP contribution in [0.3, 0.4) is 0 Å². The number of carbonyl (C=O) groups excluding carboxylic acids is 1. The van der Waals surface area contributed by atoms with Gasteiger partial charge >= 0.3 is 5.97 Å². The normalized spacial score (nSPS) is 14.9. The van der Waals surface area contributed by atoms with E-state index in [0.717, 1.165) is 17.6 Å². The van der Waals surface area contributed by atoms with E-state index in [-0.39, 0.29) is 12.5 Å². The first kappa shape index (κ1) is 17.3. The molecule has 2 unspecified atom stereocenters. The van der Waals surface area contributed by atoms with Crippen LogP contribution in [0.15, 0.2) is 29.2 Å². The third-order valence-corrected chi connectivity index (χ3v) is 3.92. The Hall–Kier alpha value is -1.73. The highest BCUT2D eigenvalue weighted by atomic mass is 32.2. The van der Waals surface area contributed by atoms with Crippen LogP contribution in [0.4, 0.5) is 0 Å². The summed E-state index contributed by atoms with van der Waals surface area (Å²) in [5.41, 5.74) is -1.97.